The summed E-state index contributed by atoms with van der Waals surface area (Å²) in [7, 11) is -3.42. The van der Waals surface area contributed by atoms with E-state index in [1.807, 2.05) is 0 Å². The highest BCUT2D eigenvalue weighted by atomic mass is 35.5. The molecule has 1 unspecified atom stereocenters. The molecule has 1 aromatic rings. The molecule has 2 rings (SSSR count). The third-order valence-corrected chi connectivity index (χ3v) is 4.96. The monoisotopic (exact) mass is 315 g/mol. The fraction of sp³-hybridized carbons (Fsp3) is 0.500. The smallest absolute Gasteiger partial charge is 0.384 e. The maximum Gasteiger partial charge on any atom is 0.433 e. The van der Waals surface area contributed by atoms with Crippen molar-refractivity contribution >= 4 is 21.4 Å². The fourth-order valence-electron chi connectivity index (χ4n) is 1.98. The molecule has 0 radical (unpaired) electrons. The zero-order valence-corrected chi connectivity index (χ0v) is 11.0. The van der Waals surface area contributed by atoms with Crippen molar-refractivity contribution < 1.29 is 26.7 Å². The van der Waals surface area contributed by atoms with Gasteiger partial charge in [0.1, 0.15) is 16.4 Å². The molecule has 19 heavy (non-hydrogen) atoms. The van der Waals surface area contributed by atoms with Crippen molar-refractivity contribution in [3.8, 4) is 0 Å². The highest BCUT2D eigenvalue weighted by Gasteiger charge is 2.44. The maximum absolute atomic E-state index is 12.4. The molecule has 1 atom stereocenters. The normalized spacial score (nSPS) is 26.6. The number of pyridine rings is 1. The van der Waals surface area contributed by atoms with E-state index in [9.17, 15) is 26.7 Å². The van der Waals surface area contributed by atoms with E-state index in [4.69, 9.17) is 11.6 Å². The highest BCUT2D eigenvalue weighted by molar-refractivity contribution is 7.91. The number of aromatic nitrogens is 1. The number of hydrogen-bond acceptors (Lipinski definition) is 4. The molecule has 2 heterocycles. The molecule has 0 spiro atoms. The van der Waals surface area contributed by atoms with Gasteiger partial charge in [0.2, 0.25) is 0 Å². The molecule has 0 amide bonds. The quantitative estimate of drug-likeness (QED) is 0.802. The van der Waals surface area contributed by atoms with Crippen LogP contribution in [0.2, 0.25) is 5.15 Å². The van der Waals surface area contributed by atoms with Crippen molar-refractivity contribution in [3.05, 3.63) is 28.5 Å². The van der Waals surface area contributed by atoms with Gasteiger partial charge in [-0.05, 0) is 12.5 Å². The maximum atomic E-state index is 12.4. The third kappa shape index (κ3) is 2.85. The molecule has 106 valence electrons. The standard InChI is InChI=1S/C10H9ClF3NO3S/c11-8-6(1-2-7(15-8)10(12,13)14)9(16)3-4-19(17,18)5-9/h1-2,16H,3-5H2. The lowest BCUT2D eigenvalue weighted by Crippen LogP contribution is -2.28. The second kappa shape index (κ2) is 4.32. The molecule has 1 N–H and O–H groups in total. The van der Waals surface area contributed by atoms with Crippen molar-refractivity contribution in [2.45, 2.75) is 18.2 Å². The Balaban J connectivity index is 2.43. The van der Waals surface area contributed by atoms with Crippen LogP contribution in [0.15, 0.2) is 12.1 Å². The summed E-state index contributed by atoms with van der Waals surface area (Å²) in [4.78, 5) is 3.17. The predicted octanol–water partition coefficient (Wildman–Crippen LogP) is 1.76. The van der Waals surface area contributed by atoms with Crippen LogP contribution < -0.4 is 0 Å². The lowest BCUT2D eigenvalue weighted by molar-refractivity contribution is -0.141. The Labute approximate surface area is 112 Å². The Morgan fingerprint density at radius 1 is 1.37 bits per heavy atom. The van der Waals surface area contributed by atoms with Crippen LogP contribution in [-0.2, 0) is 21.6 Å². The minimum absolute atomic E-state index is 0.0942. The van der Waals surface area contributed by atoms with Crippen LogP contribution >= 0.6 is 11.6 Å². The number of nitrogens with zero attached hydrogens (tertiary/aromatic N) is 1. The molecule has 1 saturated heterocycles. The van der Waals surface area contributed by atoms with Crippen LogP contribution in [0.3, 0.4) is 0 Å². The van der Waals surface area contributed by atoms with E-state index in [0.29, 0.717) is 6.07 Å². The molecule has 9 heteroatoms. The predicted molar refractivity (Wildman–Crippen MR) is 61.4 cm³/mol. The first-order valence-corrected chi connectivity index (χ1v) is 7.40. The second-order valence-corrected chi connectivity index (χ2v) is 6.95. The first-order chi connectivity index (χ1) is 8.54. The van der Waals surface area contributed by atoms with Crippen LogP contribution in [0.1, 0.15) is 17.7 Å². The van der Waals surface area contributed by atoms with E-state index in [-0.39, 0.29) is 17.7 Å². The zero-order valence-electron chi connectivity index (χ0n) is 9.41. The van der Waals surface area contributed by atoms with Gasteiger partial charge in [-0.2, -0.15) is 13.2 Å². The summed E-state index contributed by atoms with van der Waals surface area (Å²) in [6.07, 6.45) is -4.76. The minimum Gasteiger partial charge on any atom is -0.384 e. The van der Waals surface area contributed by atoms with Gasteiger partial charge in [-0.25, -0.2) is 13.4 Å². The Bertz CT molecular complexity index is 617. The molecule has 1 aromatic heterocycles. The molecular weight excluding hydrogens is 307 g/mol. The van der Waals surface area contributed by atoms with Crippen molar-refractivity contribution in [3.63, 3.8) is 0 Å². The summed E-state index contributed by atoms with van der Waals surface area (Å²) in [5, 5.41) is 9.65. The molecule has 4 nitrogen and oxygen atoms in total. The molecule has 0 aliphatic carbocycles. The van der Waals surface area contributed by atoms with Gasteiger partial charge in [-0.3, -0.25) is 0 Å². The minimum atomic E-state index is -4.65. The number of sulfone groups is 1. The molecule has 1 aliphatic heterocycles. The second-order valence-electron chi connectivity index (χ2n) is 4.41. The van der Waals surface area contributed by atoms with Crippen LogP contribution in [0.5, 0.6) is 0 Å². The van der Waals surface area contributed by atoms with E-state index in [1.165, 1.54) is 0 Å². The van der Waals surface area contributed by atoms with E-state index >= 15 is 0 Å². The number of rotatable bonds is 1. The first kappa shape index (κ1) is 14.5. The summed E-state index contributed by atoms with van der Waals surface area (Å²) >= 11 is 5.63. The first-order valence-electron chi connectivity index (χ1n) is 5.21. The van der Waals surface area contributed by atoms with Gasteiger partial charge in [0.15, 0.2) is 9.84 Å². The summed E-state index contributed by atoms with van der Waals surface area (Å²) in [5.74, 6) is -0.798. The molecule has 0 saturated carbocycles. The number of alkyl halides is 3. The topological polar surface area (TPSA) is 67.3 Å². The Morgan fingerprint density at radius 3 is 2.42 bits per heavy atom. The van der Waals surface area contributed by atoms with Gasteiger partial charge in [-0.1, -0.05) is 17.7 Å². The molecule has 1 fully saturated rings. The van der Waals surface area contributed by atoms with Gasteiger partial charge < -0.3 is 5.11 Å². The van der Waals surface area contributed by atoms with Crippen molar-refractivity contribution in [1.29, 1.82) is 0 Å². The van der Waals surface area contributed by atoms with Crippen molar-refractivity contribution in [2.75, 3.05) is 11.5 Å². The van der Waals surface area contributed by atoms with Gasteiger partial charge in [0.25, 0.3) is 0 Å². The molecular formula is C10H9ClF3NO3S. The van der Waals surface area contributed by atoms with E-state index < -0.39 is 38.2 Å². The van der Waals surface area contributed by atoms with Crippen molar-refractivity contribution in [2.24, 2.45) is 0 Å². The lowest BCUT2D eigenvalue weighted by Gasteiger charge is -2.22. The summed E-state index contributed by atoms with van der Waals surface area (Å²) < 4.78 is 60.0. The van der Waals surface area contributed by atoms with Crippen LogP contribution in [-0.4, -0.2) is 30.0 Å². The number of hydrogen-bond donors (Lipinski definition) is 1. The van der Waals surface area contributed by atoms with Crippen LogP contribution in [0.4, 0.5) is 13.2 Å². The number of aliphatic hydroxyl groups is 1. The highest BCUT2D eigenvalue weighted by Crippen LogP contribution is 2.38. The van der Waals surface area contributed by atoms with Gasteiger partial charge in [-0.15, -0.1) is 0 Å². The third-order valence-electron chi connectivity index (χ3n) is 2.93. The van der Waals surface area contributed by atoms with Gasteiger partial charge in [0, 0.05) is 5.56 Å². The zero-order chi connectivity index (χ0) is 14.5. The van der Waals surface area contributed by atoms with Gasteiger partial charge >= 0.3 is 6.18 Å². The summed E-state index contributed by atoms with van der Waals surface area (Å²) in [6.45, 7) is 0. The van der Waals surface area contributed by atoms with Crippen molar-refractivity contribution in [1.82, 2.24) is 4.98 Å². The Hall–Kier alpha value is -0.860. The summed E-state index contributed by atoms with van der Waals surface area (Å²) in [6, 6.07) is 1.64. The average molecular weight is 316 g/mol. The molecule has 0 bridgehead atoms. The summed E-state index contributed by atoms with van der Waals surface area (Å²) in [5.41, 5.74) is -3.05. The van der Waals surface area contributed by atoms with E-state index in [1.54, 1.807) is 0 Å². The molecule has 0 aromatic carbocycles. The number of halogens is 4. The Kier molecular flexibility index (Phi) is 3.31. The van der Waals surface area contributed by atoms with Crippen LogP contribution in [0, 0.1) is 0 Å². The SMILES string of the molecule is O=S1(=O)CCC(O)(c2ccc(C(F)(F)F)nc2Cl)C1. The molecule has 1 aliphatic rings. The fourth-order valence-corrected chi connectivity index (χ4v) is 4.13. The Morgan fingerprint density at radius 2 is 2.00 bits per heavy atom. The van der Waals surface area contributed by atoms with E-state index in [0.717, 1.165) is 6.07 Å². The lowest BCUT2D eigenvalue weighted by atomic mass is 9.95. The van der Waals surface area contributed by atoms with Crippen LogP contribution in [0.25, 0.3) is 0 Å². The van der Waals surface area contributed by atoms with E-state index in [2.05, 4.69) is 4.98 Å². The van der Waals surface area contributed by atoms with Gasteiger partial charge in [0.05, 0.1) is 11.5 Å². The largest absolute Gasteiger partial charge is 0.433 e. The average Bonchev–Trinajstić information content (AvgIpc) is 2.52.